The van der Waals surface area contributed by atoms with Gasteiger partial charge < -0.3 is 9.16 Å². The molecule has 0 saturated heterocycles. The summed E-state index contributed by atoms with van der Waals surface area (Å²) >= 11 is 0. The van der Waals surface area contributed by atoms with Crippen molar-refractivity contribution >= 4 is 8.32 Å². The number of terminal acetylenes is 1. The minimum atomic E-state index is -1.71. The molecule has 2 saturated carbocycles. The van der Waals surface area contributed by atoms with E-state index < -0.39 is 8.32 Å². The van der Waals surface area contributed by atoms with Crippen LogP contribution in [0.1, 0.15) is 56.1 Å². The van der Waals surface area contributed by atoms with Gasteiger partial charge in [-0.1, -0.05) is 18.9 Å². The molecule has 3 aliphatic carbocycles. The van der Waals surface area contributed by atoms with Crippen molar-refractivity contribution in [2.75, 3.05) is 7.11 Å². The molecule has 0 radical (unpaired) electrons. The number of ether oxygens (including phenoxy) is 1. The average molecular weight is 383 g/mol. The maximum atomic E-state index is 6.77. The fraction of sp³-hybridized carbons (Fsp3) is 0.667. The van der Waals surface area contributed by atoms with Crippen LogP contribution in [0.2, 0.25) is 19.6 Å². The SMILES string of the molecule is C#C[C@]1(O[Si](C)(C)C)CC[C@H]2[C@@H]3CCc4cc(OC)ccc4[C@H]3CC[C@@]21C. The van der Waals surface area contributed by atoms with E-state index in [1.165, 1.54) is 31.2 Å². The topological polar surface area (TPSA) is 18.5 Å². The van der Waals surface area contributed by atoms with Crippen LogP contribution in [-0.2, 0) is 10.8 Å². The predicted octanol–water partition coefficient (Wildman–Crippen LogP) is 5.77. The monoisotopic (exact) mass is 382 g/mol. The molecular weight excluding hydrogens is 348 g/mol. The molecule has 4 rings (SSSR count). The molecule has 0 aliphatic heterocycles. The van der Waals surface area contributed by atoms with Crippen LogP contribution in [0.5, 0.6) is 5.75 Å². The molecule has 3 aliphatic rings. The standard InChI is InChI=1S/C24H34O2Si/c1-7-24(26-27(4,5)6)15-13-22-21-10-8-17-16-18(25-3)9-11-19(17)20(21)12-14-23(22,24)2/h1,9,11,16,20-22H,8,10,12-15H2,2-6H3/t20-,21-,22+,23+,24+/m1/s1. The fourth-order valence-corrected chi connectivity index (χ4v) is 8.08. The maximum Gasteiger partial charge on any atom is 0.185 e. The molecule has 1 aromatic carbocycles. The van der Waals surface area contributed by atoms with Crippen LogP contribution in [0.3, 0.4) is 0 Å². The fourth-order valence-electron chi connectivity index (χ4n) is 6.64. The van der Waals surface area contributed by atoms with Crippen LogP contribution in [0.25, 0.3) is 0 Å². The largest absolute Gasteiger partial charge is 0.497 e. The molecule has 2 nitrogen and oxygen atoms in total. The molecule has 0 amide bonds. The minimum absolute atomic E-state index is 0.118. The Balaban J connectivity index is 1.67. The maximum absolute atomic E-state index is 6.77. The molecule has 0 bridgehead atoms. The van der Waals surface area contributed by atoms with Crippen LogP contribution in [-0.4, -0.2) is 21.0 Å². The summed E-state index contributed by atoms with van der Waals surface area (Å²) in [6.07, 6.45) is 13.3. The molecule has 146 valence electrons. The first-order valence-electron chi connectivity index (χ1n) is 10.6. The van der Waals surface area contributed by atoms with Gasteiger partial charge in [0.1, 0.15) is 11.4 Å². The van der Waals surface area contributed by atoms with E-state index in [2.05, 4.69) is 50.7 Å². The van der Waals surface area contributed by atoms with Gasteiger partial charge in [0, 0.05) is 5.41 Å². The first-order chi connectivity index (χ1) is 12.7. The molecule has 3 heteroatoms. The highest BCUT2D eigenvalue weighted by atomic mass is 28.4. The van der Waals surface area contributed by atoms with E-state index >= 15 is 0 Å². The third-order valence-corrected chi connectivity index (χ3v) is 8.73. The Morgan fingerprint density at radius 1 is 1.15 bits per heavy atom. The number of aryl methyl sites for hydroxylation is 1. The highest BCUT2D eigenvalue weighted by Gasteiger charge is 2.63. The summed E-state index contributed by atoms with van der Waals surface area (Å²) < 4.78 is 12.2. The number of hydrogen-bond donors (Lipinski definition) is 0. The first kappa shape index (κ1) is 19.1. The van der Waals surface area contributed by atoms with Crippen molar-refractivity contribution in [1.82, 2.24) is 0 Å². The Hall–Kier alpha value is -1.24. The van der Waals surface area contributed by atoms with E-state index in [1.807, 2.05) is 0 Å². The highest BCUT2D eigenvalue weighted by Crippen LogP contribution is 2.65. The lowest BCUT2D eigenvalue weighted by atomic mass is 9.53. The van der Waals surface area contributed by atoms with Crippen LogP contribution < -0.4 is 4.74 Å². The van der Waals surface area contributed by atoms with Crippen molar-refractivity contribution in [3.8, 4) is 18.1 Å². The molecule has 0 spiro atoms. The number of benzene rings is 1. The quantitative estimate of drug-likeness (QED) is 0.488. The molecule has 0 N–H and O–H groups in total. The summed E-state index contributed by atoms with van der Waals surface area (Å²) in [5.41, 5.74) is 2.83. The van der Waals surface area contributed by atoms with Crippen molar-refractivity contribution in [3.63, 3.8) is 0 Å². The Labute approximate surface area is 166 Å². The van der Waals surface area contributed by atoms with Gasteiger partial charge in [-0.3, -0.25) is 0 Å². The van der Waals surface area contributed by atoms with Crippen molar-refractivity contribution < 1.29 is 9.16 Å². The zero-order valence-electron chi connectivity index (χ0n) is 17.6. The summed E-state index contributed by atoms with van der Waals surface area (Å²) in [7, 11) is 0.0527. The van der Waals surface area contributed by atoms with E-state index in [4.69, 9.17) is 15.6 Å². The highest BCUT2D eigenvalue weighted by molar-refractivity contribution is 6.69. The Bertz CT molecular complexity index is 774. The second kappa shape index (κ2) is 6.39. The van der Waals surface area contributed by atoms with Gasteiger partial charge in [-0.25, -0.2) is 0 Å². The second-order valence-electron chi connectivity index (χ2n) is 10.2. The van der Waals surface area contributed by atoms with Gasteiger partial charge in [0.25, 0.3) is 0 Å². The van der Waals surface area contributed by atoms with E-state index in [0.29, 0.717) is 11.8 Å². The molecule has 27 heavy (non-hydrogen) atoms. The summed E-state index contributed by atoms with van der Waals surface area (Å²) in [6.45, 7) is 9.28. The van der Waals surface area contributed by atoms with Crippen LogP contribution >= 0.6 is 0 Å². The Morgan fingerprint density at radius 3 is 2.59 bits per heavy atom. The second-order valence-corrected chi connectivity index (χ2v) is 14.6. The van der Waals surface area contributed by atoms with Gasteiger partial charge in [0.2, 0.25) is 0 Å². The molecule has 5 atom stereocenters. The number of methoxy groups -OCH3 is 1. The molecule has 1 aromatic rings. The normalized spacial score (nSPS) is 37.7. The zero-order valence-corrected chi connectivity index (χ0v) is 18.6. The Kier molecular flexibility index (Phi) is 4.52. The van der Waals surface area contributed by atoms with Crippen molar-refractivity contribution in [2.24, 2.45) is 17.3 Å². The van der Waals surface area contributed by atoms with Crippen LogP contribution in [0, 0.1) is 29.6 Å². The predicted molar refractivity (Wildman–Crippen MR) is 114 cm³/mol. The van der Waals surface area contributed by atoms with E-state index in [1.54, 1.807) is 12.7 Å². The third kappa shape index (κ3) is 2.88. The van der Waals surface area contributed by atoms with Crippen molar-refractivity contribution in [1.29, 1.82) is 0 Å². The van der Waals surface area contributed by atoms with E-state index in [-0.39, 0.29) is 11.0 Å². The summed E-state index contributed by atoms with van der Waals surface area (Å²) in [5.74, 6) is 6.29. The number of hydrogen-bond acceptors (Lipinski definition) is 2. The minimum Gasteiger partial charge on any atom is -0.497 e. The lowest BCUT2D eigenvalue weighted by molar-refractivity contribution is -0.0537. The van der Waals surface area contributed by atoms with E-state index in [9.17, 15) is 0 Å². The zero-order chi connectivity index (χ0) is 19.4. The van der Waals surface area contributed by atoms with E-state index in [0.717, 1.165) is 24.5 Å². The van der Waals surface area contributed by atoms with Crippen LogP contribution in [0.4, 0.5) is 0 Å². The van der Waals surface area contributed by atoms with Gasteiger partial charge in [-0.2, -0.15) is 0 Å². The van der Waals surface area contributed by atoms with Crippen molar-refractivity contribution in [2.45, 2.75) is 76.6 Å². The molecular formula is C24H34O2Si. The van der Waals surface area contributed by atoms with Gasteiger partial charge in [-0.05, 0) is 99.2 Å². The third-order valence-electron chi connectivity index (χ3n) is 7.77. The first-order valence-corrected chi connectivity index (χ1v) is 14.0. The summed E-state index contributed by atoms with van der Waals surface area (Å²) in [5, 5.41) is 0. The average Bonchev–Trinajstić information content (AvgIpc) is 2.92. The number of fused-ring (bicyclic) bond motifs is 5. The van der Waals surface area contributed by atoms with Gasteiger partial charge in [0.05, 0.1) is 7.11 Å². The lowest BCUT2D eigenvalue weighted by Gasteiger charge is -2.54. The van der Waals surface area contributed by atoms with Gasteiger partial charge >= 0.3 is 0 Å². The smallest absolute Gasteiger partial charge is 0.185 e. The Morgan fingerprint density at radius 2 is 1.93 bits per heavy atom. The van der Waals surface area contributed by atoms with Gasteiger partial charge in [-0.15, -0.1) is 6.42 Å². The van der Waals surface area contributed by atoms with Gasteiger partial charge in [0.15, 0.2) is 8.32 Å². The summed E-state index contributed by atoms with van der Waals surface area (Å²) in [6, 6.07) is 6.73. The van der Waals surface area contributed by atoms with Crippen LogP contribution in [0.15, 0.2) is 18.2 Å². The molecule has 0 aromatic heterocycles. The molecule has 0 unspecified atom stereocenters. The summed E-state index contributed by atoms with van der Waals surface area (Å²) in [4.78, 5) is 0. The molecule has 2 fully saturated rings. The number of rotatable bonds is 3. The van der Waals surface area contributed by atoms with Crippen molar-refractivity contribution in [3.05, 3.63) is 29.3 Å². The lowest BCUT2D eigenvalue weighted by Crippen LogP contribution is -2.54. The molecule has 0 heterocycles.